The lowest BCUT2D eigenvalue weighted by molar-refractivity contribution is 0.565. The summed E-state index contributed by atoms with van der Waals surface area (Å²) in [4.78, 5) is 14.7. The Labute approximate surface area is 128 Å². The monoisotopic (exact) mass is 283 g/mol. The standard InChI is InChI=1S/C20H13NO/c22-13-21-19-11-10-17-16-9-5-4-8-15(16)12-18(17)20(19)14-6-2-1-3-7-14/h1-11H,12H2. The Hall–Kier alpha value is -2.96. The SMILES string of the molecule is O=C=Nc1ccc2c(c1-c1ccccc1)Cc1ccccc1-2. The van der Waals surface area contributed by atoms with Gasteiger partial charge in [0, 0.05) is 5.56 Å². The zero-order valence-electron chi connectivity index (χ0n) is 11.9. The highest BCUT2D eigenvalue weighted by Crippen LogP contribution is 2.45. The Morgan fingerprint density at radius 1 is 0.818 bits per heavy atom. The van der Waals surface area contributed by atoms with Crippen LogP contribution in [0.4, 0.5) is 5.69 Å². The molecule has 4 rings (SSSR count). The van der Waals surface area contributed by atoms with E-state index in [1.54, 1.807) is 6.08 Å². The lowest BCUT2D eigenvalue weighted by Crippen LogP contribution is -1.89. The van der Waals surface area contributed by atoms with Gasteiger partial charge in [0.25, 0.3) is 0 Å². The summed E-state index contributed by atoms with van der Waals surface area (Å²) in [6, 6.07) is 22.5. The lowest BCUT2D eigenvalue weighted by atomic mass is 9.94. The quantitative estimate of drug-likeness (QED) is 0.380. The molecule has 0 bridgehead atoms. The molecule has 0 amide bonds. The van der Waals surface area contributed by atoms with Gasteiger partial charge in [-0.25, -0.2) is 4.79 Å². The van der Waals surface area contributed by atoms with E-state index in [0.29, 0.717) is 5.69 Å². The fourth-order valence-corrected chi connectivity index (χ4v) is 3.27. The summed E-state index contributed by atoms with van der Waals surface area (Å²) in [7, 11) is 0. The van der Waals surface area contributed by atoms with Crippen molar-refractivity contribution in [2.75, 3.05) is 0 Å². The number of fused-ring (bicyclic) bond motifs is 3. The van der Waals surface area contributed by atoms with Gasteiger partial charge in [-0.1, -0.05) is 60.7 Å². The van der Waals surface area contributed by atoms with Crippen molar-refractivity contribution in [2.24, 2.45) is 4.99 Å². The van der Waals surface area contributed by atoms with Gasteiger partial charge in [-0.15, -0.1) is 0 Å². The number of nitrogens with zero attached hydrogens (tertiary/aromatic N) is 1. The third kappa shape index (κ3) is 1.90. The third-order valence-electron chi connectivity index (χ3n) is 4.19. The van der Waals surface area contributed by atoms with Crippen molar-refractivity contribution in [3.05, 3.63) is 77.9 Å². The number of aliphatic imine (C=N–C) groups is 1. The normalized spacial score (nSPS) is 11.5. The fourth-order valence-electron chi connectivity index (χ4n) is 3.27. The van der Waals surface area contributed by atoms with E-state index in [4.69, 9.17) is 0 Å². The molecule has 0 unspecified atom stereocenters. The molecule has 2 nitrogen and oxygen atoms in total. The Bertz CT molecular complexity index is 906. The summed E-state index contributed by atoms with van der Waals surface area (Å²) < 4.78 is 0. The second-order valence-electron chi connectivity index (χ2n) is 5.39. The first-order chi connectivity index (χ1) is 10.9. The molecule has 104 valence electrons. The van der Waals surface area contributed by atoms with Crippen molar-refractivity contribution in [3.8, 4) is 22.3 Å². The second kappa shape index (κ2) is 5.10. The first kappa shape index (κ1) is 12.8. The maximum Gasteiger partial charge on any atom is 0.240 e. The van der Waals surface area contributed by atoms with Crippen LogP contribution in [0, 0.1) is 0 Å². The predicted octanol–water partition coefficient (Wildman–Crippen LogP) is 4.89. The van der Waals surface area contributed by atoms with Crippen molar-refractivity contribution in [1.82, 2.24) is 0 Å². The second-order valence-corrected chi connectivity index (χ2v) is 5.39. The van der Waals surface area contributed by atoms with Crippen LogP contribution in [-0.2, 0) is 11.2 Å². The Balaban J connectivity index is 2.03. The van der Waals surface area contributed by atoms with Gasteiger partial charge in [0.1, 0.15) is 0 Å². The summed E-state index contributed by atoms with van der Waals surface area (Å²) >= 11 is 0. The predicted molar refractivity (Wildman–Crippen MR) is 87.9 cm³/mol. The van der Waals surface area contributed by atoms with Crippen molar-refractivity contribution >= 4 is 11.8 Å². The highest BCUT2D eigenvalue weighted by atomic mass is 16.1. The summed E-state index contributed by atoms with van der Waals surface area (Å²) in [6.07, 6.45) is 2.55. The van der Waals surface area contributed by atoms with E-state index >= 15 is 0 Å². The van der Waals surface area contributed by atoms with Gasteiger partial charge in [0.15, 0.2) is 0 Å². The van der Waals surface area contributed by atoms with Crippen LogP contribution in [-0.4, -0.2) is 6.08 Å². The van der Waals surface area contributed by atoms with E-state index < -0.39 is 0 Å². The molecule has 0 radical (unpaired) electrons. The molecule has 22 heavy (non-hydrogen) atoms. The van der Waals surface area contributed by atoms with Crippen LogP contribution in [0.1, 0.15) is 11.1 Å². The molecule has 0 aliphatic heterocycles. The molecule has 2 heteroatoms. The van der Waals surface area contributed by atoms with Crippen molar-refractivity contribution in [1.29, 1.82) is 0 Å². The van der Waals surface area contributed by atoms with Crippen molar-refractivity contribution in [2.45, 2.75) is 6.42 Å². The van der Waals surface area contributed by atoms with Crippen LogP contribution in [0.3, 0.4) is 0 Å². The first-order valence-electron chi connectivity index (χ1n) is 7.26. The van der Waals surface area contributed by atoms with Crippen molar-refractivity contribution in [3.63, 3.8) is 0 Å². The van der Waals surface area contributed by atoms with Gasteiger partial charge in [0.05, 0.1) is 5.69 Å². The average molecular weight is 283 g/mol. The molecule has 0 aromatic heterocycles. The summed E-state index contributed by atoms with van der Waals surface area (Å²) in [5.74, 6) is 0. The van der Waals surface area contributed by atoms with Gasteiger partial charge in [0.2, 0.25) is 6.08 Å². The summed E-state index contributed by atoms with van der Waals surface area (Å²) in [6.45, 7) is 0. The molecule has 3 aromatic rings. The van der Waals surface area contributed by atoms with E-state index in [1.807, 2.05) is 24.3 Å². The van der Waals surface area contributed by atoms with Gasteiger partial charge >= 0.3 is 0 Å². The van der Waals surface area contributed by atoms with Crippen LogP contribution < -0.4 is 0 Å². The van der Waals surface area contributed by atoms with Gasteiger partial charge in [-0.3, -0.25) is 0 Å². The minimum atomic E-state index is 0.688. The average Bonchev–Trinajstić information content (AvgIpc) is 2.94. The zero-order chi connectivity index (χ0) is 14.9. The minimum absolute atomic E-state index is 0.688. The van der Waals surface area contributed by atoms with Crippen LogP contribution in [0.5, 0.6) is 0 Å². The highest BCUT2D eigenvalue weighted by molar-refractivity contribution is 5.90. The Morgan fingerprint density at radius 3 is 2.41 bits per heavy atom. The van der Waals surface area contributed by atoms with Crippen LogP contribution >= 0.6 is 0 Å². The van der Waals surface area contributed by atoms with E-state index in [0.717, 1.165) is 17.5 Å². The zero-order valence-corrected chi connectivity index (χ0v) is 11.9. The highest BCUT2D eigenvalue weighted by Gasteiger charge is 2.23. The Kier molecular flexibility index (Phi) is 2.96. The topological polar surface area (TPSA) is 29.4 Å². The molecule has 0 saturated heterocycles. The molecular formula is C20H13NO. The van der Waals surface area contributed by atoms with Crippen LogP contribution in [0.15, 0.2) is 71.7 Å². The number of hydrogen-bond donors (Lipinski definition) is 0. The molecule has 3 aromatic carbocycles. The van der Waals surface area contributed by atoms with E-state index in [2.05, 4.69) is 47.5 Å². The van der Waals surface area contributed by atoms with Crippen molar-refractivity contribution < 1.29 is 4.79 Å². The lowest BCUT2D eigenvalue weighted by Gasteiger charge is -2.11. The molecule has 0 atom stereocenters. The number of hydrogen-bond acceptors (Lipinski definition) is 2. The maximum atomic E-state index is 10.8. The van der Waals surface area contributed by atoms with Crippen LogP contribution in [0.2, 0.25) is 0 Å². The molecule has 1 aliphatic carbocycles. The van der Waals surface area contributed by atoms with E-state index in [-0.39, 0.29) is 0 Å². The number of benzene rings is 3. The first-order valence-corrected chi connectivity index (χ1v) is 7.26. The number of rotatable bonds is 2. The Morgan fingerprint density at radius 2 is 1.59 bits per heavy atom. The smallest absolute Gasteiger partial charge is 0.211 e. The molecule has 0 heterocycles. The number of isocyanates is 1. The van der Waals surface area contributed by atoms with E-state index in [1.165, 1.54) is 22.3 Å². The summed E-state index contributed by atoms with van der Waals surface area (Å²) in [5, 5.41) is 0. The molecule has 0 spiro atoms. The molecule has 1 aliphatic rings. The maximum absolute atomic E-state index is 10.8. The molecular weight excluding hydrogens is 270 g/mol. The van der Waals surface area contributed by atoms with Gasteiger partial charge in [-0.05, 0) is 40.3 Å². The largest absolute Gasteiger partial charge is 0.240 e. The fraction of sp³-hybridized carbons (Fsp3) is 0.0500. The van der Waals surface area contributed by atoms with Crippen LogP contribution in [0.25, 0.3) is 22.3 Å². The van der Waals surface area contributed by atoms with Gasteiger partial charge in [-0.2, -0.15) is 4.99 Å². The third-order valence-corrected chi connectivity index (χ3v) is 4.19. The van der Waals surface area contributed by atoms with Gasteiger partial charge < -0.3 is 0 Å². The van der Waals surface area contributed by atoms with E-state index in [9.17, 15) is 4.79 Å². The molecule has 0 fully saturated rings. The summed E-state index contributed by atoms with van der Waals surface area (Å²) in [5.41, 5.74) is 7.88. The minimum Gasteiger partial charge on any atom is -0.211 e. The number of carbonyl (C=O) groups excluding carboxylic acids is 1. The molecule has 0 saturated carbocycles. The molecule has 0 N–H and O–H groups in total.